The molecule has 10 nitrogen and oxygen atoms in total. The largest absolute Gasteiger partial charge is 0.382 e. The first-order chi connectivity index (χ1) is 19.0. The molecule has 0 unspecified atom stereocenters. The van der Waals surface area contributed by atoms with Gasteiger partial charge in [0.2, 0.25) is 11.8 Å². The Balaban J connectivity index is 1.17. The maximum absolute atomic E-state index is 12.4. The van der Waals surface area contributed by atoms with E-state index >= 15 is 0 Å². The van der Waals surface area contributed by atoms with Crippen molar-refractivity contribution in [3.63, 3.8) is 0 Å². The van der Waals surface area contributed by atoms with E-state index in [2.05, 4.69) is 59.8 Å². The van der Waals surface area contributed by atoms with E-state index in [1.165, 1.54) is 11.9 Å². The first kappa shape index (κ1) is 29.6. The number of anilines is 1. The van der Waals surface area contributed by atoms with Crippen LogP contribution in [0.2, 0.25) is 0 Å². The third-order valence-corrected chi connectivity index (χ3v) is 7.51. The van der Waals surface area contributed by atoms with Crippen LogP contribution >= 0.6 is 0 Å². The van der Waals surface area contributed by atoms with Gasteiger partial charge in [-0.3, -0.25) is 24.4 Å². The van der Waals surface area contributed by atoms with Crippen LogP contribution in [-0.2, 0) is 26.2 Å². The lowest BCUT2D eigenvalue weighted by Gasteiger charge is -2.29. The summed E-state index contributed by atoms with van der Waals surface area (Å²) in [5.41, 5.74) is 9.40. The van der Waals surface area contributed by atoms with Gasteiger partial charge < -0.3 is 10.5 Å². The average Bonchev–Trinajstić information content (AvgIpc) is 3.53. The summed E-state index contributed by atoms with van der Waals surface area (Å²) in [6.45, 7) is 12.5. The van der Waals surface area contributed by atoms with Crippen molar-refractivity contribution in [2.45, 2.75) is 96.9 Å². The Morgan fingerprint density at radius 3 is 2.55 bits per heavy atom. The van der Waals surface area contributed by atoms with Crippen molar-refractivity contribution in [1.29, 1.82) is 0 Å². The van der Waals surface area contributed by atoms with Gasteiger partial charge in [0.15, 0.2) is 11.5 Å². The summed E-state index contributed by atoms with van der Waals surface area (Å²) in [4.78, 5) is 39.8. The van der Waals surface area contributed by atoms with E-state index in [-0.39, 0.29) is 36.0 Å². The quantitative estimate of drug-likeness (QED) is 0.342. The molecule has 3 heterocycles. The fourth-order valence-corrected chi connectivity index (χ4v) is 5.10. The molecule has 3 N–H and O–H groups in total. The zero-order valence-electron chi connectivity index (χ0n) is 24.4. The molecule has 2 amide bonds. The number of nitrogen functional groups attached to an aromatic ring is 1. The minimum atomic E-state index is -0.259. The molecule has 216 valence electrons. The summed E-state index contributed by atoms with van der Waals surface area (Å²) in [7, 11) is 0. The third-order valence-electron chi connectivity index (χ3n) is 7.51. The molecule has 1 aliphatic heterocycles. The monoisotopic (exact) mass is 549 g/mol. The van der Waals surface area contributed by atoms with E-state index < -0.39 is 0 Å². The maximum atomic E-state index is 12.4. The number of nitrogens with zero attached hydrogens (tertiary/aromatic N) is 5. The summed E-state index contributed by atoms with van der Waals surface area (Å²) in [6.07, 6.45) is 7.09. The summed E-state index contributed by atoms with van der Waals surface area (Å²) < 4.78 is 8.31. The highest BCUT2D eigenvalue weighted by Gasteiger charge is 2.30. The SMILES string of the molecule is CC(C)N(CCCCC(=O)NC(=O)Cc1ccc(C(C)(C)C)cc1)C[C@@H]1CC[C@H](n2cnc3c(N)ncnc32)O1. The number of imide groups is 1. The van der Waals surface area contributed by atoms with E-state index in [4.69, 9.17) is 10.5 Å². The molecule has 1 saturated heterocycles. The van der Waals surface area contributed by atoms with Crippen LogP contribution in [0, 0.1) is 0 Å². The van der Waals surface area contributed by atoms with Crippen LogP contribution in [0.15, 0.2) is 36.9 Å². The third kappa shape index (κ3) is 7.63. The Hall–Kier alpha value is -3.37. The fraction of sp³-hybridized carbons (Fsp3) is 0.567. The number of carbonyl (C=O) groups excluding carboxylic acids is 2. The van der Waals surface area contributed by atoms with Crippen LogP contribution in [0.4, 0.5) is 5.82 Å². The molecule has 1 aromatic carbocycles. The molecule has 0 aliphatic carbocycles. The van der Waals surface area contributed by atoms with Crippen LogP contribution < -0.4 is 11.1 Å². The second kappa shape index (κ2) is 12.9. The number of amides is 2. The molecule has 0 bridgehead atoms. The summed E-state index contributed by atoms with van der Waals surface area (Å²) in [6, 6.07) is 8.37. The number of fused-ring (bicyclic) bond motifs is 1. The molecule has 0 spiro atoms. The first-order valence-corrected chi connectivity index (χ1v) is 14.3. The van der Waals surface area contributed by atoms with Crippen LogP contribution in [0.25, 0.3) is 11.2 Å². The molecule has 2 aromatic heterocycles. The minimum Gasteiger partial charge on any atom is -0.382 e. The van der Waals surface area contributed by atoms with Crippen molar-refractivity contribution in [3.8, 4) is 0 Å². The van der Waals surface area contributed by atoms with Gasteiger partial charge in [-0.15, -0.1) is 0 Å². The number of nitrogens with one attached hydrogen (secondary N) is 1. The van der Waals surface area contributed by atoms with Gasteiger partial charge >= 0.3 is 0 Å². The average molecular weight is 550 g/mol. The van der Waals surface area contributed by atoms with Gasteiger partial charge in [-0.05, 0) is 62.6 Å². The normalized spacial score (nSPS) is 17.7. The molecule has 10 heteroatoms. The second-order valence-corrected chi connectivity index (χ2v) is 12.0. The minimum absolute atomic E-state index is 0.0650. The Kier molecular flexibility index (Phi) is 9.52. The van der Waals surface area contributed by atoms with E-state index in [0.29, 0.717) is 29.4 Å². The number of unbranched alkanes of at least 4 members (excludes halogenated alkanes) is 1. The van der Waals surface area contributed by atoms with Crippen LogP contribution in [0.1, 0.15) is 84.1 Å². The Morgan fingerprint density at radius 1 is 1.10 bits per heavy atom. The number of imidazole rings is 1. The van der Waals surface area contributed by atoms with Crippen molar-refractivity contribution in [2.75, 3.05) is 18.8 Å². The molecule has 0 saturated carbocycles. The molecule has 4 rings (SSSR count). The maximum Gasteiger partial charge on any atom is 0.230 e. The van der Waals surface area contributed by atoms with Gasteiger partial charge in [-0.1, -0.05) is 45.0 Å². The predicted octanol–water partition coefficient (Wildman–Crippen LogP) is 4.15. The van der Waals surface area contributed by atoms with E-state index in [1.807, 2.05) is 28.8 Å². The lowest BCUT2D eigenvalue weighted by Crippen LogP contribution is -2.38. The molecule has 40 heavy (non-hydrogen) atoms. The Labute approximate surface area is 236 Å². The van der Waals surface area contributed by atoms with E-state index in [1.54, 1.807) is 6.33 Å². The number of aromatic nitrogens is 4. The predicted molar refractivity (Wildman–Crippen MR) is 155 cm³/mol. The summed E-state index contributed by atoms with van der Waals surface area (Å²) >= 11 is 0. The van der Waals surface area contributed by atoms with Gasteiger partial charge in [0.25, 0.3) is 0 Å². The molecule has 1 aliphatic rings. The molecular weight excluding hydrogens is 506 g/mol. The summed E-state index contributed by atoms with van der Waals surface area (Å²) in [5, 5.41) is 2.54. The van der Waals surface area contributed by atoms with E-state index in [0.717, 1.165) is 44.3 Å². The van der Waals surface area contributed by atoms with Gasteiger partial charge in [-0.25, -0.2) is 15.0 Å². The number of ether oxygens (including phenoxy) is 1. The van der Waals surface area contributed by atoms with Crippen molar-refractivity contribution >= 4 is 28.8 Å². The number of carbonyl (C=O) groups is 2. The highest BCUT2D eigenvalue weighted by atomic mass is 16.5. The molecule has 0 radical (unpaired) electrons. The van der Waals surface area contributed by atoms with Gasteiger partial charge in [0, 0.05) is 19.0 Å². The van der Waals surface area contributed by atoms with Crippen molar-refractivity contribution in [3.05, 3.63) is 48.0 Å². The highest BCUT2D eigenvalue weighted by molar-refractivity contribution is 5.96. The second-order valence-electron chi connectivity index (χ2n) is 12.0. The number of rotatable bonds is 11. The first-order valence-electron chi connectivity index (χ1n) is 14.3. The fourth-order valence-electron chi connectivity index (χ4n) is 5.10. The summed E-state index contributed by atoms with van der Waals surface area (Å²) in [5.74, 6) is -0.107. The van der Waals surface area contributed by atoms with Gasteiger partial charge in [-0.2, -0.15) is 0 Å². The topological polar surface area (TPSA) is 128 Å². The number of nitrogens with two attached hydrogens (primary N) is 1. The molecular formula is C30H43N7O3. The molecule has 2 atom stereocenters. The highest BCUT2D eigenvalue weighted by Crippen LogP contribution is 2.31. The van der Waals surface area contributed by atoms with Gasteiger partial charge in [0.1, 0.15) is 18.1 Å². The standard InChI is InChI=1S/C30H43N7O3/c1-20(2)36(17-23-13-14-26(40-23)37-19-34-27-28(31)32-18-33-29(27)37)15-7-6-8-24(38)35-25(39)16-21-9-11-22(12-10-21)30(3,4)5/h9-12,18-20,23,26H,6-8,13-17H2,1-5H3,(H2,31,32,33)(H,35,38,39)/t23-,26+/m0/s1. The Bertz CT molecular complexity index is 1300. The number of hydrogen-bond donors (Lipinski definition) is 2. The Morgan fingerprint density at radius 2 is 1.85 bits per heavy atom. The molecule has 3 aromatic rings. The lowest BCUT2D eigenvalue weighted by atomic mass is 9.86. The number of benzene rings is 1. The number of hydrogen-bond acceptors (Lipinski definition) is 8. The van der Waals surface area contributed by atoms with Gasteiger partial charge in [0.05, 0.1) is 18.9 Å². The van der Waals surface area contributed by atoms with Crippen LogP contribution in [0.3, 0.4) is 0 Å². The van der Waals surface area contributed by atoms with Crippen molar-refractivity contribution in [1.82, 2.24) is 29.7 Å². The zero-order chi connectivity index (χ0) is 28.9. The smallest absolute Gasteiger partial charge is 0.230 e. The van der Waals surface area contributed by atoms with Crippen molar-refractivity contribution in [2.24, 2.45) is 0 Å². The zero-order valence-corrected chi connectivity index (χ0v) is 24.4. The van der Waals surface area contributed by atoms with Crippen LogP contribution in [0.5, 0.6) is 0 Å². The van der Waals surface area contributed by atoms with Crippen LogP contribution in [-0.4, -0.2) is 61.5 Å². The lowest BCUT2D eigenvalue weighted by molar-refractivity contribution is -0.130. The molecule has 1 fully saturated rings. The van der Waals surface area contributed by atoms with Crippen molar-refractivity contribution < 1.29 is 14.3 Å². The van der Waals surface area contributed by atoms with E-state index in [9.17, 15) is 9.59 Å².